The van der Waals surface area contributed by atoms with Crippen LogP contribution in [0.25, 0.3) is 10.2 Å². The minimum atomic E-state index is 0.0000385. The Labute approximate surface area is 133 Å². The molecule has 5 nitrogen and oxygen atoms in total. The summed E-state index contributed by atoms with van der Waals surface area (Å²) < 4.78 is 0.731. The maximum Gasteiger partial charge on any atom is 0.268 e. The van der Waals surface area contributed by atoms with Crippen molar-refractivity contribution in [1.29, 1.82) is 0 Å². The average Bonchev–Trinajstić information content (AvgIpc) is 3.19. The molecule has 2 N–H and O–H groups in total. The number of fused-ring (bicyclic) bond motifs is 1. The first-order chi connectivity index (χ1) is 10.8. The van der Waals surface area contributed by atoms with Crippen molar-refractivity contribution >= 4 is 21.6 Å². The monoisotopic (exact) mass is 318 g/mol. The molecule has 0 amide bonds. The van der Waals surface area contributed by atoms with E-state index in [-0.39, 0.29) is 5.56 Å². The highest BCUT2D eigenvalue weighted by atomic mass is 32.1. The Morgan fingerprint density at radius 2 is 2.18 bits per heavy atom. The second kappa shape index (κ2) is 6.10. The second-order valence-electron chi connectivity index (χ2n) is 6.46. The van der Waals surface area contributed by atoms with Crippen LogP contribution in [-0.4, -0.2) is 40.5 Å². The fourth-order valence-corrected chi connectivity index (χ4v) is 4.56. The van der Waals surface area contributed by atoms with E-state index in [1.165, 1.54) is 43.6 Å². The van der Waals surface area contributed by atoms with Gasteiger partial charge in [-0.15, -0.1) is 11.3 Å². The number of nitrogens with zero attached hydrogens (tertiary/aromatic N) is 2. The van der Waals surface area contributed by atoms with Gasteiger partial charge in [0.05, 0.1) is 12.1 Å². The lowest BCUT2D eigenvalue weighted by Gasteiger charge is -2.34. The van der Waals surface area contributed by atoms with Gasteiger partial charge in [0.2, 0.25) is 0 Å². The van der Waals surface area contributed by atoms with Crippen LogP contribution in [0.5, 0.6) is 0 Å². The van der Waals surface area contributed by atoms with Gasteiger partial charge in [-0.3, -0.25) is 9.69 Å². The summed E-state index contributed by atoms with van der Waals surface area (Å²) in [5, 5.41) is 5.57. The zero-order valence-corrected chi connectivity index (χ0v) is 13.5. The van der Waals surface area contributed by atoms with Crippen LogP contribution in [0, 0.1) is 5.92 Å². The standard InChI is InChI=1S/C16H22N4OS/c21-16-15-13(5-9-22-15)18-14(19-16)10-20-7-3-11(4-8-20)12-2-1-6-17-12/h5,9,11-12,17H,1-4,6-8,10H2,(H,18,19,21). The number of hydrogen-bond acceptors (Lipinski definition) is 5. The van der Waals surface area contributed by atoms with Crippen molar-refractivity contribution in [3.63, 3.8) is 0 Å². The van der Waals surface area contributed by atoms with Crippen LogP contribution >= 0.6 is 11.3 Å². The number of hydrogen-bond donors (Lipinski definition) is 2. The van der Waals surface area contributed by atoms with Crippen LogP contribution in [0.3, 0.4) is 0 Å². The highest BCUT2D eigenvalue weighted by Gasteiger charge is 2.28. The minimum absolute atomic E-state index is 0.0000385. The van der Waals surface area contributed by atoms with E-state index in [9.17, 15) is 4.79 Å². The van der Waals surface area contributed by atoms with E-state index >= 15 is 0 Å². The van der Waals surface area contributed by atoms with E-state index in [4.69, 9.17) is 0 Å². The van der Waals surface area contributed by atoms with Crippen LogP contribution in [0.15, 0.2) is 16.2 Å². The first kappa shape index (κ1) is 14.4. The Balaban J connectivity index is 1.40. The number of likely N-dealkylation sites (tertiary alicyclic amines) is 1. The molecule has 2 fully saturated rings. The summed E-state index contributed by atoms with van der Waals surface area (Å²) in [4.78, 5) is 22.0. The Bertz CT molecular complexity index is 695. The lowest BCUT2D eigenvalue weighted by Crippen LogP contribution is -2.40. The molecular formula is C16H22N4OS. The van der Waals surface area contributed by atoms with Crippen molar-refractivity contribution in [2.24, 2.45) is 5.92 Å². The molecule has 4 rings (SSSR count). The molecule has 0 bridgehead atoms. The Morgan fingerprint density at radius 3 is 2.95 bits per heavy atom. The molecule has 22 heavy (non-hydrogen) atoms. The lowest BCUT2D eigenvalue weighted by atomic mass is 9.88. The number of aromatic amines is 1. The van der Waals surface area contributed by atoms with Crippen molar-refractivity contribution in [2.45, 2.75) is 38.3 Å². The largest absolute Gasteiger partial charge is 0.314 e. The third-order valence-electron chi connectivity index (χ3n) is 5.04. The van der Waals surface area contributed by atoms with Crippen molar-refractivity contribution in [3.05, 3.63) is 27.6 Å². The molecule has 2 aliphatic rings. The summed E-state index contributed by atoms with van der Waals surface area (Å²) in [5.74, 6) is 1.62. The van der Waals surface area contributed by atoms with Gasteiger partial charge in [0, 0.05) is 6.04 Å². The highest BCUT2D eigenvalue weighted by molar-refractivity contribution is 7.17. The fraction of sp³-hybridized carbons (Fsp3) is 0.625. The maximum absolute atomic E-state index is 12.0. The lowest BCUT2D eigenvalue weighted by molar-refractivity contribution is 0.154. The Hall–Kier alpha value is -1.24. The number of H-pyrrole nitrogens is 1. The molecule has 1 atom stereocenters. The van der Waals surface area contributed by atoms with Crippen LogP contribution in [0.1, 0.15) is 31.5 Å². The molecule has 2 aliphatic heterocycles. The van der Waals surface area contributed by atoms with Gasteiger partial charge >= 0.3 is 0 Å². The summed E-state index contributed by atoms with van der Waals surface area (Å²) in [6.45, 7) is 4.16. The second-order valence-corrected chi connectivity index (χ2v) is 7.38. The molecule has 1 unspecified atom stereocenters. The molecule has 0 aromatic carbocycles. The van der Waals surface area contributed by atoms with Gasteiger partial charge in [-0.05, 0) is 62.7 Å². The van der Waals surface area contributed by atoms with Crippen molar-refractivity contribution in [3.8, 4) is 0 Å². The summed E-state index contributed by atoms with van der Waals surface area (Å²) in [6.07, 6.45) is 5.18. The molecule has 2 aromatic heterocycles. The zero-order valence-electron chi connectivity index (χ0n) is 12.7. The SMILES string of the molecule is O=c1[nH]c(CN2CCC(C3CCCN3)CC2)nc2ccsc12. The predicted molar refractivity (Wildman–Crippen MR) is 89.3 cm³/mol. The van der Waals surface area contributed by atoms with E-state index in [1.807, 2.05) is 11.4 Å². The van der Waals surface area contributed by atoms with Gasteiger partial charge < -0.3 is 10.3 Å². The molecule has 118 valence electrons. The number of nitrogens with one attached hydrogen (secondary N) is 2. The predicted octanol–water partition coefficient (Wildman–Crippen LogP) is 1.95. The van der Waals surface area contributed by atoms with Crippen molar-refractivity contribution in [2.75, 3.05) is 19.6 Å². The van der Waals surface area contributed by atoms with E-state index in [0.717, 1.165) is 47.6 Å². The third-order valence-corrected chi connectivity index (χ3v) is 5.94. The highest BCUT2D eigenvalue weighted by Crippen LogP contribution is 2.26. The fourth-order valence-electron chi connectivity index (χ4n) is 3.84. The number of piperidine rings is 1. The molecule has 2 aromatic rings. The normalized spacial score (nSPS) is 24.3. The third kappa shape index (κ3) is 2.83. The molecule has 6 heteroatoms. The zero-order chi connectivity index (χ0) is 14.9. The molecule has 0 aliphatic carbocycles. The van der Waals surface area contributed by atoms with Crippen LogP contribution in [0.2, 0.25) is 0 Å². The van der Waals surface area contributed by atoms with Gasteiger partial charge in [0.15, 0.2) is 0 Å². The topological polar surface area (TPSA) is 61.0 Å². The number of rotatable bonds is 3. The van der Waals surface area contributed by atoms with Crippen molar-refractivity contribution in [1.82, 2.24) is 20.2 Å². The summed E-state index contributed by atoms with van der Waals surface area (Å²) >= 11 is 1.46. The molecule has 0 radical (unpaired) electrons. The van der Waals surface area contributed by atoms with Gasteiger partial charge in [-0.2, -0.15) is 0 Å². The Kier molecular flexibility index (Phi) is 3.98. The van der Waals surface area contributed by atoms with Gasteiger partial charge in [0.25, 0.3) is 5.56 Å². The van der Waals surface area contributed by atoms with E-state index in [0.29, 0.717) is 0 Å². The summed E-state index contributed by atoms with van der Waals surface area (Å²) in [7, 11) is 0. The van der Waals surface area contributed by atoms with Crippen LogP contribution in [0.4, 0.5) is 0 Å². The Morgan fingerprint density at radius 1 is 1.32 bits per heavy atom. The van der Waals surface area contributed by atoms with Gasteiger partial charge in [0.1, 0.15) is 10.5 Å². The number of aromatic nitrogens is 2. The maximum atomic E-state index is 12.0. The number of thiophene rings is 1. The first-order valence-electron chi connectivity index (χ1n) is 8.22. The van der Waals surface area contributed by atoms with Gasteiger partial charge in [-0.25, -0.2) is 4.98 Å². The first-order valence-corrected chi connectivity index (χ1v) is 9.10. The summed E-state index contributed by atoms with van der Waals surface area (Å²) in [6, 6.07) is 2.67. The molecule has 0 saturated carbocycles. The van der Waals surface area contributed by atoms with Crippen molar-refractivity contribution < 1.29 is 0 Å². The van der Waals surface area contributed by atoms with Crippen LogP contribution in [-0.2, 0) is 6.54 Å². The quantitative estimate of drug-likeness (QED) is 0.908. The van der Waals surface area contributed by atoms with E-state index < -0.39 is 0 Å². The molecule has 0 spiro atoms. The molecular weight excluding hydrogens is 296 g/mol. The average molecular weight is 318 g/mol. The van der Waals surface area contributed by atoms with Gasteiger partial charge in [-0.1, -0.05) is 0 Å². The smallest absolute Gasteiger partial charge is 0.268 e. The van der Waals surface area contributed by atoms with Crippen LogP contribution < -0.4 is 10.9 Å². The minimum Gasteiger partial charge on any atom is -0.314 e. The van der Waals surface area contributed by atoms with E-state index in [2.05, 4.69) is 20.2 Å². The van der Waals surface area contributed by atoms with E-state index in [1.54, 1.807) is 0 Å². The summed E-state index contributed by atoms with van der Waals surface area (Å²) in [5.41, 5.74) is 0.828. The molecule has 2 saturated heterocycles. The molecule has 4 heterocycles.